The number of rotatable bonds is 3. The summed E-state index contributed by atoms with van der Waals surface area (Å²) in [7, 11) is -0.756. The van der Waals surface area contributed by atoms with Gasteiger partial charge in [-0.05, 0) is 19.8 Å². The zero-order chi connectivity index (χ0) is 8.97. The van der Waals surface area contributed by atoms with Crippen LogP contribution in [-0.2, 0) is 15.5 Å². The molecule has 0 aromatic heterocycles. The molecule has 0 radical (unpaired) electrons. The Morgan fingerprint density at radius 2 is 2.17 bits per heavy atom. The molecule has 1 heterocycles. The lowest BCUT2D eigenvalue weighted by Gasteiger charge is -2.23. The summed E-state index contributed by atoms with van der Waals surface area (Å²) < 4.78 is 16.9. The molecule has 0 spiro atoms. The summed E-state index contributed by atoms with van der Waals surface area (Å²) in [6, 6.07) is 0. The van der Waals surface area contributed by atoms with Crippen molar-refractivity contribution in [2.24, 2.45) is 5.73 Å². The van der Waals surface area contributed by atoms with Crippen molar-refractivity contribution >= 4 is 10.8 Å². The standard InChI is InChI=1S/C8H17NO2S/c1-7(6-9)12(10)8-2-4-11-5-3-8/h7-8H,2-6,9H2,1H3. The number of nitrogens with two attached hydrogens (primary N) is 1. The van der Waals surface area contributed by atoms with Crippen LogP contribution in [-0.4, -0.2) is 34.5 Å². The first-order valence-corrected chi connectivity index (χ1v) is 5.70. The molecule has 1 aliphatic heterocycles. The molecule has 1 aliphatic rings. The van der Waals surface area contributed by atoms with Gasteiger partial charge < -0.3 is 10.5 Å². The predicted molar refractivity (Wildman–Crippen MR) is 50.5 cm³/mol. The fraction of sp³-hybridized carbons (Fsp3) is 1.00. The number of hydrogen-bond acceptors (Lipinski definition) is 3. The zero-order valence-electron chi connectivity index (χ0n) is 7.49. The third-order valence-corrected chi connectivity index (χ3v) is 4.34. The van der Waals surface area contributed by atoms with E-state index < -0.39 is 10.8 Å². The molecule has 0 aromatic carbocycles. The first-order valence-electron chi connectivity index (χ1n) is 4.43. The minimum atomic E-state index is -0.756. The lowest BCUT2D eigenvalue weighted by molar-refractivity contribution is 0.0991. The highest BCUT2D eigenvalue weighted by atomic mass is 32.2. The minimum Gasteiger partial charge on any atom is -0.381 e. The van der Waals surface area contributed by atoms with Gasteiger partial charge in [-0.25, -0.2) is 0 Å². The highest BCUT2D eigenvalue weighted by Crippen LogP contribution is 2.15. The minimum absolute atomic E-state index is 0.132. The van der Waals surface area contributed by atoms with Gasteiger partial charge in [0.2, 0.25) is 0 Å². The maximum Gasteiger partial charge on any atom is 0.0477 e. The Balaban J connectivity index is 2.39. The average molecular weight is 191 g/mol. The van der Waals surface area contributed by atoms with Crippen molar-refractivity contribution in [3.8, 4) is 0 Å². The predicted octanol–water partition coefficient (Wildman–Crippen LogP) is 0.261. The summed E-state index contributed by atoms with van der Waals surface area (Å²) in [5.41, 5.74) is 5.46. The molecule has 2 N–H and O–H groups in total. The van der Waals surface area contributed by atoms with Gasteiger partial charge in [0.1, 0.15) is 0 Å². The fourth-order valence-corrected chi connectivity index (χ4v) is 2.84. The molecule has 2 atom stereocenters. The summed E-state index contributed by atoms with van der Waals surface area (Å²) in [5, 5.41) is 0.449. The first kappa shape index (κ1) is 10.2. The van der Waals surface area contributed by atoms with Gasteiger partial charge in [-0.3, -0.25) is 4.21 Å². The van der Waals surface area contributed by atoms with Crippen LogP contribution in [0, 0.1) is 0 Å². The van der Waals surface area contributed by atoms with Gasteiger partial charge in [-0.15, -0.1) is 0 Å². The highest BCUT2D eigenvalue weighted by Gasteiger charge is 2.23. The van der Waals surface area contributed by atoms with Crippen LogP contribution >= 0.6 is 0 Å². The first-order chi connectivity index (χ1) is 5.75. The van der Waals surface area contributed by atoms with Crippen molar-refractivity contribution < 1.29 is 8.95 Å². The number of ether oxygens (including phenoxy) is 1. The summed E-state index contributed by atoms with van der Waals surface area (Å²) in [5.74, 6) is 0. The molecular formula is C8H17NO2S. The van der Waals surface area contributed by atoms with Crippen LogP contribution in [0.5, 0.6) is 0 Å². The maximum absolute atomic E-state index is 11.7. The fourth-order valence-electron chi connectivity index (χ4n) is 1.33. The third-order valence-electron chi connectivity index (χ3n) is 2.23. The Labute approximate surface area is 76.1 Å². The monoisotopic (exact) mass is 191 g/mol. The summed E-state index contributed by atoms with van der Waals surface area (Å²) >= 11 is 0. The summed E-state index contributed by atoms with van der Waals surface area (Å²) in [6.07, 6.45) is 1.86. The van der Waals surface area contributed by atoms with Gasteiger partial charge >= 0.3 is 0 Å². The molecule has 0 amide bonds. The van der Waals surface area contributed by atoms with Crippen molar-refractivity contribution in [3.05, 3.63) is 0 Å². The highest BCUT2D eigenvalue weighted by molar-refractivity contribution is 7.86. The molecule has 0 aromatic rings. The van der Waals surface area contributed by atoms with E-state index in [0.717, 1.165) is 26.1 Å². The van der Waals surface area contributed by atoms with Crippen LogP contribution in [0.4, 0.5) is 0 Å². The van der Waals surface area contributed by atoms with E-state index in [4.69, 9.17) is 10.5 Å². The van der Waals surface area contributed by atoms with Gasteiger partial charge in [-0.1, -0.05) is 0 Å². The smallest absolute Gasteiger partial charge is 0.0477 e. The number of hydrogen-bond donors (Lipinski definition) is 1. The molecule has 0 bridgehead atoms. The Morgan fingerprint density at radius 3 is 2.67 bits per heavy atom. The lowest BCUT2D eigenvalue weighted by atomic mass is 10.2. The molecule has 3 nitrogen and oxygen atoms in total. The van der Waals surface area contributed by atoms with Gasteiger partial charge in [0.25, 0.3) is 0 Å². The largest absolute Gasteiger partial charge is 0.381 e. The van der Waals surface area contributed by atoms with Crippen LogP contribution < -0.4 is 5.73 Å². The Hall–Kier alpha value is 0.0700. The van der Waals surface area contributed by atoms with Crippen LogP contribution in [0.2, 0.25) is 0 Å². The molecular weight excluding hydrogens is 174 g/mol. The normalized spacial score (nSPS) is 25.2. The molecule has 1 rings (SSSR count). The second-order valence-corrected chi connectivity index (χ2v) is 5.32. The van der Waals surface area contributed by atoms with E-state index in [-0.39, 0.29) is 5.25 Å². The van der Waals surface area contributed by atoms with Crippen molar-refractivity contribution in [3.63, 3.8) is 0 Å². The van der Waals surface area contributed by atoms with E-state index in [1.807, 2.05) is 6.92 Å². The van der Waals surface area contributed by atoms with Gasteiger partial charge in [-0.2, -0.15) is 0 Å². The average Bonchev–Trinajstić information content (AvgIpc) is 2.17. The molecule has 0 saturated carbocycles. The second kappa shape index (κ2) is 4.94. The van der Waals surface area contributed by atoms with Crippen molar-refractivity contribution in [1.82, 2.24) is 0 Å². The van der Waals surface area contributed by atoms with Crippen molar-refractivity contribution in [2.45, 2.75) is 30.3 Å². The Kier molecular flexibility index (Phi) is 4.18. The van der Waals surface area contributed by atoms with Crippen LogP contribution in [0.15, 0.2) is 0 Å². The van der Waals surface area contributed by atoms with E-state index >= 15 is 0 Å². The summed E-state index contributed by atoms with van der Waals surface area (Å²) in [6.45, 7) is 3.98. The molecule has 72 valence electrons. The molecule has 4 heteroatoms. The molecule has 0 aliphatic carbocycles. The van der Waals surface area contributed by atoms with Gasteiger partial charge in [0.05, 0.1) is 0 Å². The van der Waals surface area contributed by atoms with Crippen LogP contribution in [0.1, 0.15) is 19.8 Å². The van der Waals surface area contributed by atoms with E-state index in [0.29, 0.717) is 11.8 Å². The van der Waals surface area contributed by atoms with Gasteiger partial charge in [0, 0.05) is 41.1 Å². The summed E-state index contributed by atoms with van der Waals surface area (Å²) in [4.78, 5) is 0. The topological polar surface area (TPSA) is 52.3 Å². The zero-order valence-corrected chi connectivity index (χ0v) is 8.31. The quantitative estimate of drug-likeness (QED) is 0.696. The maximum atomic E-state index is 11.7. The van der Waals surface area contributed by atoms with Crippen LogP contribution in [0.25, 0.3) is 0 Å². The Bertz CT molecular complexity index is 157. The lowest BCUT2D eigenvalue weighted by Crippen LogP contribution is -2.33. The van der Waals surface area contributed by atoms with E-state index in [9.17, 15) is 4.21 Å². The second-order valence-electron chi connectivity index (χ2n) is 3.19. The SMILES string of the molecule is CC(CN)S(=O)C1CCOCC1. The van der Waals surface area contributed by atoms with E-state index in [1.54, 1.807) is 0 Å². The van der Waals surface area contributed by atoms with Crippen molar-refractivity contribution in [2.75, 3.05) is 19.8 Å². The molecule has 12 heavy (non-hydrogen) atoms. The molecule has 1 fully saturated rings. The van der Waals surface area contributed by atoms with Gasteiger partial charge in [0.15, 0.2) is 0 Å². The molecule has 1 saturated heterocycles. The van der Waals surface area contributed by atoms with E-state index in [1.165, 1.54) is 0 Å². The van der Waals surface area contributed by atoms with Crippen LogP contribution in [0.3, 0.4) is 0 Å². The van der Waals surface area contributed by atoms with Crippen molar-refractivity contribution in [1.29, 1.82) is 0 Å². The Morgan fingerprint density at radius 1 is 1.58 bits per heavy atom. The third kappa shape index (κ3) is 2.54. The van der Waals surface area contributed by atoms with E-state index in [2.05, 4.69) is 0 Å². The molecule has 2 unspecified atom stereocenters.